The van der Waals surface area contributed by atoms with E-state index in [-0.39, 0.29) is 18.0 Å². The largest absolute Gasteiger partial charge is 0.457 e. The maximum atomic E-state index is 12.9. The molecule has 0 N–H and O–H groups in total. The fraction of sp³-hybridized carbons (Fsp3) is 0.0370. The van der Waals surface area contributed by atoms with Crippen molar-refractivity contribution < 1.29 is 19.1 Å². The number of esters is 1. The van der Waals surface area contributed by atoms with E-state index in [1.807, 2.05) is 60.7 Å². The molecule has 0 aromatic heterocycles. The number of ether oxygens (including phenoxy) is 2. The summed E-state index contributed by atoms with van der Waals surface area (Å²) in [6.45, 7) is 0.0235. The molecule has 0 aliphatic rings. The van der Waals surface area contributed by atoms with E-state index in [1.165, 1.54) is 0 Å². The summed E-state index contributed by atoms with van der Waals surface area (Å²) in [5.41, 5.74) is 1.79. The number of benzene rings is 4. The van der Waals surface area contributed by atoms with E-state index in [0.717, 1.165) is 5.56 Å². The summed E-state index contributed by atoms with van der Waals surface area (Å²) in [5.74, 6) is 0.519. The van der Waals surface area contributed by atoms with Crippen LogP contribution < -0.4 is 4.74 Å². The molecule has 152 valence electrons. The first-order valence-corrected chi connectivity index (χ1v) is 9.89. The molecule has 4 rings (SSSR count). The van der Waals surface area contributed by atoms with Crippen LogP contribution in [0.5, 0.6) is 11.5 Å². The third kappa shape index (κ3) is 4.87. The molecule has 4 aromatic carbocycles. The number of carbonyl (C=O) groups is 2. The smallest absolute Gasteiger partial charge is 0.339 e. The van der Waals surface area contributed by atoms with Gasteiger partial charge in [0.1, 0.15) is 18.1 Å². The summed E-state index contributed by atoms with van der Waals surface area (Å²) >= 11 is 0. The Hall–Kier alpha value is -4.18. The van der Waals surface area contributed by atoms with Gasteiger partial charge in [0, 0.05) is 16.7 Å². The third-order valence-electron chi connectivity index (χ3n) is 4.73. The van der Waals surface area contributed by atoms with Gasteiger partial charge in [0.25, 0.3) is 0 Å². The molecule has 31 heavy (non-hydrogen) atoms. The lowest BCUT2D eigenvalue weighted by atomic mass is 9.98. The monoisotopic (exact) mass is 408 g/mol. The Bertz CT molecular complexity index is 1180. The van der Waals surface area contributed by atoms with Crippen LogP contribution in [0.1, 0.15) is 31.8 Å². The fourth-order valence-electron chi connectivity index (χ4n) is 3.16. The van der Waals surface area contributed by atoms with Crippen molar-refractivity contribution >= 4 is 11.8 Å². The maximum absolute atomic E-state index is 12.9. The highest BCUT2D eigenvalue weighted by molar-refractivity contribution is 6.14. The lowest BCUT2D eigenvalue weighted by Crippen LogP contribution is -2.13. The molecule has 0 radical (unpaired) electrons. The van der Waals surface area contributed by atoms with Gasteiger partial charge in [-0.2, -0.15) is 0 Å². The summed E-state index contributed by atoms with van der Waals surface area (Å²) in [7, 11) is 0. The predicted octanol–water partition coefficient (Wildman–Crippen LogP) is 6.07. The second-order valence-corrected chi connectivity index (χ2v) is 6.84. The van der Waals surface area contributed by atoms with Gasteiger partial charge >= 0.3 is 5.97 Å². The van der Waals surface area contributed by atoms with Crippen LogP contribution in [-0.2, 0) is 11.3 Å². The Morgan fingerprint density at radius 3 is 1.94 bits per heavy atom. The van der Waals surface area contributed by atoms with Crippen LogP contribution in [-0.4, -0.2) is 11.8 Å². The van der Waals surface area contributed by atoms with Crippen molar-refractivity contribution in [2.45, 2.75) is 6.61 Å². The molecular formula is C27H20O4. The molecule has 4 aromatic rings. The van der Waals surface area contributed by atoms with E-state index in [9.17, 15) is 9.59 Å². The van der Waals surface area contributed by atoms with Gasteiger partial charge in [0.2, 0.25) is 0 Å². The quantitative estimate of drug-likeness (QED) is 0.275. The number of ketones is 1. The van der Waals surface area contributed by atoms with Crippen molar-refractivity contribution in [3.63, 3.8) is 0 Å². The highest BCUT2D eigenvalue weighted by Gasteiger charge is 2.19. The molecule has 0 aliphatic carbocycles. The summed E-state index contributed by atoms with van der Waals surface area (Å²) in [5, 5.41) is 0. The molecule has 0 heterocycles. The Kier molecular flexibility index (Phi) is 6.19. The molecular weight excluding hydrogens is 388 g/mol. The van der Waals surface area contributed by atoms with Crippen molar-refractivity contribution in [1.82, 2.24) is 0 Å². The first kappa shape index (κ1) is 20.1. The van der Waals surface area contributed by atoms with E-state index < -0.39 is 5.97 Å². The van der Waals surface area contributed by atoms with Crippen LogP contribution in [0.15, 0.2) is 109 Å². The van der Waals surface area contributed by atoms with Crippen molar-refractivity contribution in [1.29, 1.82) is 0 Å². The summed E-state index contributed by atoms with van der Waals surface area (Å²) in [6, 6.07) is 32.3. The molecule has 0 unspecified atom stereocenters. The minimum Gasteiger partial charge on any atom is -0.457 e. The van der Waals surface area contributed by atoms with Crippen LogP contribution in [0.4, 0.5) is 0 Å². The average molecular weight is 408 g/mol. The van der Waals surface area contributed by atoms with Gasteiger partial charge in [-0.05, 0) is 24.3 Å². The molecule has 0 saturated heterocycles. The first-order valence-electron chi connectivity index (χ1n) is 9.89. The van der Waals surface area contributed by atoms with Crippen LogP contribution in [0, 0.1) is 0 Å². The van der Waals surface area contributed by atoms with Crippen molar-refractivity contribution in [3.8, 4) is 11.5 Å². The SMILES string of the molecule is O=C(OCc1ccccc1Oc1ccccc1)c1ccccc1C(=O)c1ccccc1. The highest BCUT2D eigenvalue weighted by atomic mass is 16.5. The minimum absolute atomic E-state index is 0.0235. The van der Waals surface area contributed by atoms with Crippen molar-refractivity contribution in [2.75, 3.05) is 0 Å². The normalized spacial score (nSPS) is 10.3. The summed E-state index contributed by atoms with van der Waals surface area (Å²) in [6.07, 6.45) is 0. The zero-order chi connectivity index (χ0) is 21.5. The molecule has 0 bridgehead atoms. The summed E-state index contributed by atoms with van der Waals surface area (Å²) in [4.78, 5) is 25.7. The molecule has 0 aliphatic heterocycles. The van der Waals surface area contributed by atoms with Crippen LogP contribution in [0.2, 0.25) is 0 Å². The van der Waals surface area contributed by atoms with Gasteiger partial charge in [0.15, 0.2) is 5.78 Å². The Labute approximate surface area is 180 Å². The van der Waals surface area contributed by atoms with Gasteiger partial charge in [-0.25, -0.2) is 4.79 Å². The minimum atomic E-state index is -0.561. The first-order chi connectivity index (χ1) is 15.2. The Balaban J connectivity index is 1.51. The molecule has 0 saturated carbocycles. The molecule has 0 atom stereocenters. The summed E-state index contributed by atoms with van der Waals surface area (Å²) < 4.78 is 11.5. The zero-order valence-corrected chi connectivity index (χ0v) is 16.7. The topological polar surface area (TPSA) is 52.6 Å². The fourth-order valence-corrected chi connectivity index (χ4v) is 3.16. The number of rotatable bonds is 7. The Morgan fingerprint density at radius 1 is 0.613 bits per heavy atom. The van der Waals surface area contributed by atoms with Crippen LogP contribution in [0.25, 0.3) is 0 Å². The second kappa shape index (κ2) is 9.55. The van der Waals surface area contributed by atoms with Crippen LogP contribution >= 0.6 is 0 Å². The van der Waals surface area contributed by atoms with E-state index in [4.69, 9.17) is 9.47 Å². The highest BCUT2D eigenvalue weighted by Crippen LogP contribution is 2.26. The zero-order valence-electron chi connectivity index (χ0n) is 16.7. The van der Waals surface area contributed by atoms with Crippen molar-refractivity contribution in [3.05, 3.63) is 131 Å². The van der Waals surface area contributed by atoms with Gasteiger partial charge in [-0.1, -0.05) is 84.9 Å². The predicted molar refractivity (Wildman–Crippen MR) is 118 cm³/mol. The van der Waals surface area contributed by atoms with Gasteiger partial charge in [-0.3, -0.25) is 4.79 Å². The van der Waals surface area contributed by atoms with E-state index in [0.29, 0.717) is 22.6 Å². The number of hydrogen-bond donors (Lipinski definition) is 0. The van der Waals surface area contributed by atoms with Gasteiger partial charge in [-0.15, -0.1) is 0 Å². The number of hydrogen-bond acceptors (Lipinski definition) is 4. The van der Waals surface area contributed by atoms with E-state index in [2.05, 4.69) is 0 Å². The lowest BCUT2D eigenvalue weighted by molar-refractivity contribution is 0.0468. The second-order valence-electron chi connectivity index (χ2n) is 6.84. The van der Waals surface area contributed by atoms with Crippen molar-refractivity contribution in [2.24, 2.45) is 0 Å². The molecule has 4 nitrogen and oxygen atoms in total. The van der Waals surface area contributed by atoms with E-state index in [1.54, 1.807) is 48.5 Å². The van der Waals surface area contributed by atoms with Crippen LogP contribution in [0.3, 0.4) is 0 Å². The average Bonchev–Trinajstić information content (AvgIpc) is 2.84. The Morgan fingerprint density at radius 2 is 1.19 bits per heavy atom. The molecule has 0 amide bonds. The van der Waals surface area contributed by atoms with E-state index >= 15 is 0 Å². The molecule has 0 spiro atoms. The molecule has 4 heteroatoms. The van der Waals surface area contributed by atoms with Gasteiger partial charge in [0.05, 0.1) is 5.56 Å². The van der Waals surface area contributed by atoms with Gasteiger partial charge < -0.3 is 9.47 Å². The standard InChI is InChI=1S/C27H20O4/c28-26(20-11-3-1-4-12-20)23-16-8-9-17-24(23)27(29)30-19-21-13-7-10-18-25(21)31-22-14-5-2-6-15-22/h1-18H,19H2. The number of carbonyl (C=O) groups excluding carboxylic acids is 2. The third-order valence-corrected chi connectivity index (χ3v) is 4.73. The lowest BCUT2D eigenvalue weighted by Gasteiger charge is -2.12. The number of para-hydroxylation sites is 2. The maximum Gasteiger partial charge on any atom is 0.339 e. The molecule has 0 fully saturated rings.